The maximum absolute atomic E-state index is 14.6. The maximum atomic E-state index is 14.6. The predicted octanol–water partition coefficient (Wildman–Crippen LogP) is 6.49. The van der Waals surface area contributed by atoms with Crippen molar-refractivity contribution in [2.45, 2.75) is 124 Å². The van der Waals surface area contributed by atoms with Crippen molar-refractivity contribution in [3.63, 3.8) is 0 Å². The summed E-state index contributed by atoms with van der Waals surface area (Å²) in [5.74, 6) is -1.59. The number of hydrogen-bond donors (Lipinski definition) is 5. The smallest absolute Gasteiger partial charge is 0.408 e. The molecule has 0 aliphatic heterocycles. The van der Waals surface area contributed by atoms with Gasteiger partial charge >= 0.3 is 6.09 Å². The zero-order chi connectivity index (χ0) is 39.8. The third-order valence-electron chi connectivity index (χ3n) is 9.35. The van der Waals surface area contributed by atoms with Crippen LogP contribution in [-0.4, -0.2) is 70.9 Å². The van der Waals surface area contributed by atoms with Crippen LogP contribution in [0.4, 0.5) is 10.5 Å². The zero-order valence-corrected chi connectivity index (χ0v) is 33.1. The highest BCUT2D eigenvalue weighted by atomic mass is 16.5. The van der Waals surface area contributed by atoms with Crippen LogP contribution in [0, 0.1) is 17.8 Å². The minimum absolute atomic E-state index is 0.0270. The Morgan fingerprint density at radius 2 is 1.43 bits per heavy atom. The number of hydrogen-bond acceptors (Lipinski definition) is 7. The van der Waals surface area contributed by atoms with Crippen molar-refractivity contribution in [1.29, 1.82) is 0 Å². The molecular formula is C43H62N4O7. The molecule has 6 atom stereocenters. The first-order chi connectivity index (χ1) is 25.7. The van der Waals surface area contributed by atoms with E-state index < -0.39 is 54.2 Å². The molecule has 0 fully saturated rings. The molecule has 0 heterocycles. The standard InChI is InChI=1S/C43H62N4O7/c1-8-9-21-38(41(51)46-36(23-28(2)3)39(49)25-34(24-30(6)48)40(50)44-26-29(4)5)47(37-22-15-19-33-18-13-14-20-35(33)37)42(52)31(7)45-43(53)54-27-32-16-11-10-12-17-32/h10-20,22,28-31,34,36,38-39,48-49H,8-9,21,23-27H2,1-7H3,(H,44,50)(H,45,53)(H,46,51)/t30?,31-,34?,36-,38-,39-/m0/s1. The molecule has 0 spiro atoms. The second-order valence-electron chi connectivity index (χ2n) is 15.3. The highest BCUT2D eigenvalue weighted by molar-refractivity contribution is 6.09. The molecule has 11 heteroatoms. The van der Waals surface area contributed by atoms with Gasteiger partial charge in [0.15, 0.2) is 0 Å². The van der Waals surface area contributed by atoms with E-state index in [1.54, 1.807) is 19.9 Å². The summed E-state index contributed by atoms with van der Waals surface area (Å²) in [6.07, 6.45) is -0.354. The lowest BCUT2D eigenvalue weighted by Crippen LogP contribution is -2.58. The largest absolute Gasteiger partial charge is 0.445 e. The van der Waals surface area contributed by atoms with E-state index >= 15 is 0 Å². The highest BCUT2D eigenvalue weighted by Gasteiger charge is 2.37. The van der Waals surface area contributed by atoms with E-state index in [9.17, 15) is 29.4 Å². The van der Waals surface area contributed by atoms with Crippen LogP contribution in [0.2, 0.25) is 0 Å². The summed E-state index contributed by atoms with van der Waals surface area (Å²) < 4.78 is 5.42. The Kier molecular flexibility index (Phi) is 17.9. The number of nitrogens with one attached hydrogen (secondary N) is 3. The minimum Gasteiger partial charge on any atom is -0.445 e. The number of ether oxygens (including phenoxy) is 1. The van der Waals surface area contributed by atoms with Gasteiger partial charge in [-0.05, 0) is 68.4 Å². The van der Waals surface area contributed by atoms with Crippen LogP contribution in [0.5, 0.6) is 0 Å². The van der Waals surface area contributed by atoms with E-state index in [1.807, 2.05) is 101 Å². The van der Waals surface area contributed by atoms with Crippen molar-refractivity contribution in [3.05, 3.63) is 78.4 Å². The second kappa shape index (κ2) is 22.0. The average molecular weight is 747 g/mol. The summed E-state index contributed by atoms with van der Waals surface area (Å²) >= 11 is 0. The van der Waals surface area contributed by atoms with E-state index in [4.69, 9.17) is 4.74 Å². The molecule has 0 aromatic heterocycles. The van der Waals surface area contributed by atoms with Gasteiger partial charge in [-0.1, -0.05) is 114 Å². The Balaban J connectivity index is 1.97. The third-order valence-corrected chi connectivity index (χ3v) is 9.35. The Bertz CT molecular complexity index is 1630. The van der Waals surface area contributed by atoms with Crippen LogP contribution >= 0.6 is 0 Å². The highest BCUT2D eigenvalue weighted by Crippen LogP contribution is 2.31. The Morgan fingerprint density at radius 3 is 2.07 bits per heavy atom. The van der Waals surface area contributed by atoms with Gasteiger partial charge in [-0.15, -0.1) is 0 Å². The zero-order valence-electron chi connectivity index (χ0n) is 33.1. The van der Waals surface area contributed by atoms with Crippen LogP contribution in [0.3, 0.4) is 0 Å². The van der Waals surface area contributed by atoms with E-state index in [-0.39, 0.29) is 37.2 Å². The molecule has 5 N–H and O–H groups in total. The topological polar surface area (TPSA) is 157 Å². The Hall–Kier alpha value is -4.48. The number of rotatable bonds is 21. The molecule has 0 saturated carbocycles. The van der Waals surface area contributed by atoms with E-state index in [0.29, 0.717) is 31.5 Å². The maximum Gasteiger partial charge on any atom is 0.408 e. The van der Waals surface area contributed by atoms with Crippen LogP contribution in [0.25, 0.3) is 10.8 Å². The number of alkyl carbamates (subject to hydrolysis) is 1. The second-order valence-corrected chi connectivity index (χ2v) is 15.3. The summed E-state index contributed by atoms with van der Waals surface area (Å²) in [6, 6.07) is 19.6. The predicted molar refractivity (Wildman–Crippen MR) is 214 cm³/mol. The molecule has 0 saturated heterocycles. The van der Waals surface area contributed by atoms with E-state index in [2.05, 4.69) is 16.0 Å². The SMILES string of the molecule is CCCC[C@@H](C(=O)N[C@@H](CC(C)C)[C@@H](O)CC(CC(C)O)C(=O)NCC(C)C)N(C(=O)[C@H](C)NC(=O)OCc1ccccc1)c1cccc2ccccc12. The fourth-order valence-electron chi connectivity index (χ4n) is 6.57. The minimum atomic E-state index is -1.11. The molecule has 3 aromatic rings. The number of aliphatic hydroxyl groups excluding tert-OH is 2. The molecular weight excluding hydrogens is 684 g/mol. The molecule has 0 radical (unpaired) electrons. The molecule has 4 amide bonds. The van der Waals surface area contributed by atoms with Gasteiger partial charge < -0.3 is 30.9 Å². The van der Waals surface area contributed by atoms with Gasteiger partial charge in [0.2, 0.25) is 17.7 Å². The van der Waals surface area contributed by atoms with Crippen molar-refractivity contribution >= 4 is 40.3 Å². The van der Waals surface area contributed by atoms with Gasteiger partial charge in [-0.25, -0.2) is 4.79 Å². The van der Waals surface area contributed by atoms with Crippen molar-refractivity contribution in [3.8, 4) is 0 Å². The molecule has 3 aromatic carbocycles. The average Bonchev–Trinajstić information content (AvgIpc) is 3.13. The molecule has 3 rings (SSSR count). The van der Waals surface area contributed by atoms with Gasteiger partial charge in [-0.2, -0.15) is 0 Å². The van der Waals surface area contributed by atoms with Gasteiger partial charge in [-0.3, -0.25) is 19.3 Å². The lowest BCUT2D eigenvalue weighted by Gasteiger charge is -2.36. The number of anilines is 1. The molecule has 296 valence electrons. The van der Waals surface area contributed by atoms with Crippen molar-refractivity contribution < 1.29 is 34.1 Å². The molecule has 2 unspecified atom stereocenters. The Labute approximate surface area is 321 Å². The van der Waals surface area contributed by atoms with Crippen LogP contribution in [0.1, 0.15) is 92.6 Å². The first kappa shape index (κ1) is 43.9. The van der Waals surface area contributed by atoms with Crippen LogP contribution < -0.4 is 20.9 Å². The molecule has 0 bridgehead atoms. The van der Waals surface area contributed by atoms with Crippen LogP contribution in [0.15, 0.2) is 72.8 Å². The molecule has 0 aliphatic rings. The fourth-order valence-corrected chi connectivity index (χ4v) is 6.57. The van der Waals surface area contributed by atoms with Crippen molar-refractivity contribution in [2.24, 2.45) is 17.8 Å². The lowest BCUT2D eigenvalue weighted by molar-refractivity contribution is -0.129. The third kappa shape index (κ3) is 13.7. The summed E-state index contributed by atoms with van der Waals surface area (Å²) in [5.41, 5.74) is 1.31. The monoisotopic (exact) mass is 746 g/mol. The van der Waals surface area contributed by atoms with Crippen LogP contribution in [-0.2, 0) is 25.7 Å². The van der Waals surface area contributed by atoms with Crippen molar-refractivity contribution in [2.75, 3.05) is 11.4 Å². The number of benzene rings is 3. The quantitative estimate of drug-likeness (QED) is 0.0835. The van der Waals surface area contributed by atoms with E-state index in [0.717, 1.165) is 22.8 Å². The molecule has 0 aliphatic carbocycles. The summed E-state index contributed by atoms with van der Waals surface area (Å²) in [6.45, 7) is 13.6. The number of carbonyl (C=O) groups excluding carboxylic acids is 4. The van der Waals surface area contributed by atoms with Gasteiger partial charge in [0.25, 0.3) is 0 Å². The normalized spacial score (nSPS) is 14.8. The summed E-state index contributed by atoms with van der Waals surface area (Å²) in [5, 5.41) is 32.2. The molecule has 11 nitrogen and oxygen atoms in total. The first-order valence-electron chi connectivity index (χ1n) is 19.4. The number of carbonyl (C=O) groups is 4. The number of fused-ring (bicyclic) bond motifs is 1. The Morgan fingerprint density at radius 1 is 0.759 bits per heavy atom. The lowest BCUT2D eigenvalue weighted by atomic mass is 9.88. The number of nitrogens with zero attached hydrogens (tertiary/aromatic N) is 1. The fraction of sp³-hybridized carbons (Fsp3) is 0.535. The van der Waals surface area contributed by atoms with Gasteiger partial charge in [0, 0.05) is 17.8 Å². The van der Waals surface area contributed by atoms with E-state index in [1.165, 1.54) is 4.90 Å². The van der Waals surface area contributed by atoms with Crippen molar-refractivity contribution in [1.82, 2.24) is 16.0 Å². The van der Waals surface area contributed by atoms with Gasteiger partial charge in [0.1, 0.15) is 18.7 Å². The molecule has 54 heavy (non-hydrogen) atoms. The number of aliphatic hydroxyl groups is 2. The summed E-state index contributed by atoms with van der Waals surface area (Å²) in [7, 11) is 0. The number of unbranched alkanes of at least 4 members (excludes halogenated alkanes) is 1. The van der Waals surface area contributed by atoms with Gasteiger partial charge in [0.05, 0.1) is 23.9 Å². The first-order valence-corrected chi connectivity index (χ1v) is 19.4. The number of amides is 4. The summed E-state index contributed by atoms with van der Waals surface area (Å²) in [4.78, 5) is 56.8.